The van der Waals surface area contributed by atoms with Crippen LogP contribution in [0.1, 0.15) is 26.3 Å². The Labute approximate surface area is 125 Å². The lowest BCUT2D eigenvalue weighted by atomic mass is 10.2. The van der Waals surface area contributed by atoms with Crippen LogP contribution in [0.3, 0.4) is 0 Å². The third-order valence-electron chi connectivity index (χ3n) is 2.32. The standard InChI is InChI=1S/C15H17BrO.C2H6/c1-3-8-15(14(4-2)11-16)17-12-13-9-6-5-7-10-13;1-2/h3-10H,1,11-12H2,2H3;1-2H3/b14-4-,15-8+;. The van der Waals surface area contributed by atoms with Crippen LogP contribution in [-0.4, -0.2) is 5.33 Å². The topological polar surface area (TPSA) is 9.23 Å². The van der Waals surface area contributed by atoms with Gasteiger partial charge in [0.15, 0.2) is 0 Å². The van der Waals surface area contributed by atoms with Crippen LogP contribution in [0.5, 0.6) is 0 Å². The van der Waals surface area contributed by atoms with Gasteiger partial charge in [0, 0.05) is 10.9 Å². The molecule has 0 aliphatic carbocycles. The Morgan fingerprint density at radius 3 is 2.37 bits per heavy atom. The first-order chi connectivity index (χ1) is 9.31. The normalized spacial score (nSPS) is 11.4. The molecule has 0 saturated heterocycles. The van der Waals surface area contributed by atoms with Gasteiger partial charge in [0.05, 0.1) is 0 Å². The van der Waals surface area contributed by atoms with Gasteiger partial charge in [-0.1, -0.05) is 78.8 Å². The molecular weight excluding hydrogens is 300 g/mol. The van der Waals surface area contributed by atoms with E-state index in [-0.39, 0.29) is 0 Å². The molecule has 0 saturated carbocycles. The van der Waals surface area contributed by atoms with E-state index in [1.54, 1.807) is 6.08 Å². The Morgan fingerprint density at radius 1 is 1.26 bits per heavy atom. The number of ether oxygens (including phenoxy) is 1. The average Bonchev–Trinajstić information content (AvgIpc) is 2.49. The molecule has 0 aliphatic heterocycles. The number of benzene rings is 1. The van der Waals surface area contributed by atoms with Crippen LogP contribution in [0.2, 0.25) is 0 Å². The fourth-order valence-electron chi connectivity index (χ4n) is 1.38. The van der Waals surface area contributed by atoms with Crippen LogP contribution in [0, 0.1) is 0 Å². The molecule has 0 N–H and O–H groups in total. The van der Waals surface area contributed by atoms with Crippen LogP contribution in [-0.2, 0) is 11.3 Å². The van der Waals surface area contributed by atoms with Gasteiger partial charge in [-0.25, -0.2) is 0 Å². The third kappa shape index (κ3) is 7.02. The Bertz CT molecular complexity index is 405. The first kappa shape index (κ1) is 17.7. The third-order valence-corrected chi connectivity index (χ3v) is 2.92. The van der Waals surface area contributed by atoms with Crippen LogP contribution in [0.15, 0.2) is 66.5 Å². The van der Waals surface area contributed by atoms with E-state index >= 15 is 0 Å². The molecule has 2 heteroatoms. The lowest BCUT2D eigenvalue weighted by molar-refractivity contribution is 0.207. The summed E-state index contributed by atoms with van der Waals surface area (Å²) in [7, 11) is 0. The second-order valence-electron chi connectivity index (χ2n) is 3.49. The van der Waals surface area contributed by atoms with Crippen molar-refractivity contribution in [2.75, 3.05) is 5.33 Å². The minimum absolute atomic E-state index is 0.574. The quantitative estimate of drug-likeness (QED) is 0.374. The average molecular weight is 323 g/mol. The summed E-state index contributed by atoms with van der Waals surface area (Å²) >= 11 is 3.45. The molecule has 1 nitrogen and oxygen atoms in total. The van der Waals surface area contributed by atoms with Crippen molar-refractivity contribution in [1.29, 1.82) is 0 Å². The summed E-state index contributed by atoms with van der Waals surface area (Å²) in [5.41, 5.74) is 2.29. The lowest BCUT2D eigenvalue weighted by Gasteiger charge is -2.11. The van der Waals surface area contributed by atoms with Gasteiger partial charge in [-0.3, -0.25) is 0 Å². The van der Waals surface area contributed by atoms with Crippen LogP contribution in [0.25, 0.3) is 0 Å². The SMILES string of the molecule is C=C/C=C(OCc1ccccc1)\C(=C/C)CBr.CC. The zero-order valence-electron chi connectivity index (χ0n) is 12.0. The lowest BCUT2D eigenvalue weighted by Crippen LogP contribution is -1.98. The van der Waals surface area contributed by atoms with Gasteiger partial charge in [0.1, 0.15) is 12.4 Å². The molecule has 1 rings (SSSR count). The molecule has 0 radical (unpaired) electrons. The Kier molecular flexibility index (Phi) is 11.0. The molecule has 104 valence electrons. The van der Waals surface area contributed by atoms with E-state index in [1.807, 2.05) is 51.1 Å². The van der Waals surface area contributed by atoms with Crippen molar-refractivity contribution >= 4 is 15.9 Å². The first-order valence-electron chi connectivity index (χ1n) is 6.52. The highest BCUT2D eigenvalue weighted by molar-refractivity contribution is 9.09. The minimum Gasteiger partial charge on any atom is -0.489 e. The fourth-order valence-corrected chi connectivity index (χ4v) is 1.98. The van der Waals surface area contributed by atoms with Gasteiger partial charge in [0.2, 0.25) is 0 Å². The fraction of sp³-hybridized carbons (Fsp3) is 0.294. The second-order valence-corrected chi connectivity index (χ2v) is 4.05. The number of allylic oxidation sites excluding steroid dienone is 4. The minimum atomic E-state index is 0.574. The van der Waals surface area contributed by atoms with Gasteiger partial charge in [-0.15, -0.1) is 0 Å². The summed E-state index contributed by atoms with van der Waals surface area (Å²) in [5, 5.41) is 0.776. The first-order valence-corrected chi connectivity index (χ1v) is 7.65. The molecule has 19 heavy (non-hydrogen) atoms. The number of halogens is 1. The van der Waals surface area contributed by atoms with E-state index in [0.29, 0.717) is 6.61 Å². The Morgan fingerprint density at radius 2 is 1.89 bits per heavy atom. The molecule has 0 fully saturated rings. The predicted molar refractivity (Wildman–Crippen MR) is 88.4 cm³/mol. The number of alkyl halides is 1. The second kappa shape index (κ2) is 11.8. The molecule has 0 bridgehead atoms. The zero-order chi connectivity index (χ0) is 14.5. The number of hydrogen-bond acceptors (Lipinski definition) is 1. The van der Waals surface area contributed by atoms with Gasteiger partial charge in [0.25, 0.3) is 0 Å². The van der Waals surface area contributed by atoms with Gasteiger partial charge in [-0.2, -0.15) is 0 Å². The monoisotopic (exact) mass is 322 g/mol. The highest BCUT2D eigenvalue weighted by Gasteiger charge is 2.03. The maximum atomic E-state index is 5.80. The Balaban J connectivity index is 0.00000154. The van der Waals surface area contributed by atoms with Crippen molar-refractivity contribution in [1.82, 2.24) is 0 Å². The summed E-state index contributed by atoms with van der Waals surface area (Å²) in [4.78, 5) is 0. The largest absolute Gasteiger partial charge is 0.489 e. The van der Waals surface area contributed by atoms with Crippen molar-refractivity contribution in [3.63, 3.8) is 0 Å². The summed E-state index contributed by atoms with van der Waals surface area (Å²) < 4.78 is 5.80. The smallest absolute Gasteiger partial charge is 0.123 e. The maximum Gasteiger partial charge on any atom is 0.123 e. The van der Waals surface area contributed by atoms with Gasteiger partial charge in [-0.05, 0) is 18.6 Å². The summed E-state index contributed by atoms with van der Waals surface area (Å²) in [6.45, 7) is 10.3. The highest BCUT2D eigenvalue weighted by atomic mass is 79.9. The molecule has 0 amide bonds. The molecule has 0 aromatic heterocycles. The molecule has 1 aromatic carbocycles. The van der Waals surface area contributed by atoms with Crippen LogP contribution >= 0.6 is 15.9 Å². The Hall–Kier alpha value is -1.28. The highest BCUT2D eigenvalue weighted by Crippen LogP contribution is 2.16. The molecular formula is C17H23BrO. The van der Waals surface area contributed by atoms with E-state index in [1.165, 1.54) is 0 Å². The molecule has 1 aromatic rings. The van der Waals surface area contributed by atoms with E-state index < -0.39 is 0 Å². The van der Waals surface area contributed by atoms with Gasteiger partial charge < -0.3 is 4.74 Å². The molecule has 0 aliphatic rings. The van der Waals surface area contributed by atoms with Crippen molar-refractivity contribution in [2.24, 2.45) is 0 Å². The summed E-state index contributed by atoms with van der Waals surface area (Å²) in [6, 6.07) is 10.1. The van der Waals surface area contributed by atoms with Gasteiger partial charge >= 0.3 is 0 Å². The molecule has 0 atom stereocenters. The van der Waals surface area contributed by atoms with Crippen LogP contribution < -0.4 is 0 Å². The number of rotatable bonds is 6. The number of hydrogen-bond donors (Lipinski definition) is 0. The van der Waals surface area contributed by atoms with E-state index in [2.05, 4.69) is 34.6 Å². The van der Waals surface area contributed by atoms with E-state index in [0.717, 1.165) is 22.2 Å². The van der Waals surface area contributed by atoms with Crippen LogP contribution in [0.4, 0.5) is 0 Å². The van der Waals surface area contributed by atoms with Crippen molar-refractivity contribution < 1.29 is 4.74 Å². The summed E-state index contributed by atoms with van der Waals surface area (Å²) in [5.74, 6) is 0.864. The molecule has 0 spiro atoms. The van der Waals surface area contributed by atoms with E-state index in [4.69, 9.17) is 4.74 Å². The summed E-state index contributed by atoms with van der Waals surface area (Å²) in [6.07, 6.45) is 5.67. The van der Waals surface area contributed by atoms with Crippen molar-refractivity contribution in [2.45, 2.75) is 27.4 Å². The predicted octanol–water partition coefficient (Wildman–Crippen LogP) is 5.64. The maximum absolute atomic E-state index is 5.80. The van der Waals surface area contributed by atoms with Crippen molar-refractivity contribution in [3.05, 3.63) is 72.0 Å². The molecule has 0 unspecified atom stereocenters. The van der Waals surface area contributed by atoms with E-state index in [9.17, 15) is 0 Å². The zero-order valence-corrected chi connectivity index (χ0v) is 13.6. The van der Waals surface area contributed by atoms with Crippen molar-refractivity contribution in [3.8, 4) is 0 Å². The molecule has 0 heterocycles.